The van der Waals surface area contributed by atoms with Crippen LogP contribution in [-0.4, -0.2) is 73.9 Å². The summed E-state index contributed by atoms with van der Waals surface area (Å²) in [6.07, 6.45) is 5.44. The monoisotopic (exact) mass is 489 g/mol. The molecule has 0 bridgehead atoms. The predicted octanol–water partition coefficient (Wildman–Crippen LogP) is 3.69. The van der Waals surface area contributed by atoms with E-state index in [9.17, 15) is 19.2 Å². The van der Waals surface area contributed by atoms with Crippen molar-refractivity contribution in [1.82, 2.24) is 20.1 Å². The summed E-state index contributed by atoms with van der Waals surface area (Å²) in [5.41, 5.74) is 0.249. The van der Waals surface area contributed by atoms with Crippen molar-refractivity contribution in [3.8, 4) is 0 Å². The van der Waals surface area contributed by atoms with E-state index in [1.54, 1.807) is 11.8 Å². The van der Waals surface area contributed by atoms with Gasteiger partial charge in [0.2, 0.25) is 5.91 Å². The summed E-state index contributed by atoms with van der Waals surface area (Å²) in [7, 11) is 0. The number of rotatable bonds is 6. The van der Waals surface area contributed by atoms with E-state index >= 15 is 0 Å². The van der Waals surface area contributed by atoms with Gasteiger partial charge in [0.05, 0.1) is 5.54 Å². The minimum Gasteiger partial charge on any atom is -0.333 e. The Kier molecular flexibility index (Phi) is 7.94. The third-order valence-electron chi connectivity index (χ3n) is 6.92. The molecule has 2 aliphatic rings. The van der Waals surface area contributed by atoms with Crippen LogP contribution >= 0.6 is 0 Å². The Morgan fingerprint density at radius 1 is 1.09 bits per heavy atom. The Morgan fingerprint density at radius 2 is 1.63 bits per heavy atom. The lowest BCUT2D eigenvalue weighted by Gasteiger charge is -2.44. The van der Waals surface area contributed by atoms with Gasteiger partial charge in [0, 0.05) is 48.5 Å². The van der Waals surface area contributed by atoms with E-state index in [0.717, 1.165) is 0 Å². The number of carbonyl (C=O) groups excluding carboxylic acids is 4. The van der Waals surface area contributed by atoms with E-state index in [4.69, 9.17) is 0 Å². The van der Waals surface area contributed by atoms with Gasteiger partial charge in [-0.3, -0.25) is 19.3 Å². The molecule has 1 N–H and O–H groups in total. The second kappa shape index (κ2) is 9.74. The van der Waals surface area contributed by atoms with Crippen LogP contribution in [0, 0.1) is 5.41 Å². The highest BCUT2D eigenvalue weighted by molar-refractivity contribution is 6.13. The number of hydrogen-bond donors (Lipinski definition) is 1. The largest absolute Gasteiger partial charge is 0.338 e. The van der Waals surface area contributed by atoms with Crippen molar-refractivity contribution in [2.45, 2.75) is 111 Å². The Balaban J connectivity index is 2.25. The van der Waals surface area contributed by atoms with Gasteiger partial charge in [-0.05, 0) is 73.6 Å². The molecule has 9 heteroatoms. The maximum atomic E-state index is 13.8. The van der Waals surface area contributed by atoms with Crippen LogP contribution in [0.25, 0.3) is 0 Å². The first-order valence-electron chi connectivity index (χ1n) is 12.3. The van der Waals surface area contributed by atoms with Crippen molar-refractivity contribution in [3.63, 3.8) is 0 Å². The lowest BCUT2D eigenvalue weighted by Crippen LogP contribution is -2.58. The average Bonchev–Trinajstić information content (AvgIpc) is 2.97. The summed E-state index contributed by atoms with van der Waals surface area (Å²) in [6.45, 7) is 19.8. The Morgan fingerprint density at radius 3 is 2.14 bits per heavy atom. The lowest BCUT2D eigenvalue weighted by molar-refractivity contribution is -0.144. The standard InChI is InChI=1S/C26H43N5O4/c1-11-27-28-22(35)29-17-26(9,10)30(18(2)14-24(29,5)6)21(34)15-23(3,4)16-25(7,8)31-19(32)12-13-20(31)33/h11-13,18H,14-17H2,1-10H3,(H,28,35)/b27-11+. The molecule has 9 nitrogen and oxygen atoms in total. The summed E-state index contributed by atoms with van der Waals surface area (Å²) >= 11 is 0. The fourth-order valence-electron chi connectivity index (χ4n) is 6.11. The molecule has 1 fully saturated rings. The molecule has 1 saturated heterocycles. The normalized spacial score (nSPS) is 22.7. The maximum absolute atomic E-state index is 13.8. The van der Waals surface area contributed by atoms with Crippen LogP contribution < -0.4 is 5.43 Å². The predicted molar refractivity (Wildman–Crippen MR) is 137 cm³/mol. The number of amides is 5. The molecule has 2 heterocycles. The van der Waals surface area contributed by atoms with Gasteiger partial charge in [0.15, 0.2) is 0 Å². The highest BCUT2D eigenvalue weighted by Gasteiger charge is 2.48. The lowest BCUT2D eigenvalue weighted by atomic mass is 9.76. The molecule has 0 aromatic rings. The van der Waals surface area contributed by atoms with Gasteiger partial charge < -0.3 is 9.80 Å². The highest BCUT2D eigenvalue weighted by atomic mass is 16.2. The molecule has 5 amide bonds. The molecule has 2 rings (SSSR count). The Hall–Kier alpha value is -2.71. The van der Waals surface area contributed by atoms with Gasteiger partial charge in [-0.25, -0.2) is 10.2 Å². The van der Waals surface area contributed by atoms with Gasteiger partial charge in [0.25, 0.3) is 11.8 Å². The molecular formula is C26H43N5O4. The second-order valence-electron chi connectivity index (χ2n) is 12.5. The zero-order chi connectivity index (χ0) is 27.0. The van der Waals surface area contributed by atoms with Crippen LogP contribution in [0.5, 0.6) is 0 Å². The zero-order valence-corrected chi connectivity index (χ0v) is 23.1. The molecule has 35 heavy (non-hydrogen) atoms. The molecule has 0 aliphatic carbocycles. The third-order valence-corrected chi connectivity index (χ3v) is 6.92. The average molecular weight is 490 g/mol. The fraction of sp³-hybridized carbons (Fsp3) is 0.731. The smallest absolute Gasteiger partial charge is 0.333 e. The Labute approximate surface area is 210 Å². The number of nitrogens with zero attached hydrogens (tertiary/aromatic N) is 4. The molecule has 0 aromatic heterocycles. The summed E-state index contributed by atoms with van der Waals surface area (Å²) in [6, 6.07) is -0.395. The molecule has 0 radical (unpaired) electrons. The van der Waals surface area contributed by atoms with Gasteiger partial charge in [0.1, 0.15) is 0 Å². The molecule has 0 aromatic carbocycles. The minimum absolute atomic E-state index is 0.00913. The first-order chi connectivity index (χ1) is 15.8. The van der Waals surface area contributed by atoms with Crippen molar-refractivity contribution < 1.29 is 19.2 Å². The van der Waals surface area contributed by atoms with Crippen LogP contribution in [0.2, 0.25) is 0 Å². The van der Waals surface area contributed by atoms with Gasteiger partial charge >= 0.3 is 6.03 Å². The molecule has 1 unspecified atom stereocenters. The van der Waals surface area contributed by atoms with Crippen molar-refractivity contribution in [2.24, 2.45) is 10.5 Å². The zero-order valence-electron chi connectivity index (χ0n) is 23.1. The van der Waals surface area contributed by atoms with Crippen molar-refractivity contribution in [3.05, 3.63) is 12.2 Å². The van der Waals surface area contributed by atoms with E-state index in [1.165, 1.54) is 23.3 Å². The maximum Gasteiger partial charge on any atom is 0.338 e. The van der Waals surface area contributed by atoms with E-state index < -0.39 is 22.0 Å². The first kappa shape index (κ1) is 28.5. The number of nitrogens with one attached hydrogen (secondary N) is 1. The molecule has 0 spiro atoms. The fourth-order valence-corrected chi connectivity index (χ4v) is 6.11. The topological polar surface area (TPSA) is 102 Å². The SMILES string of the molecule is C/C=N/NC(=O)N1CC(C)(C)N(C(=O)CC(C)(C)CC(C)(C)N2C(=O)C=CC2=O)C(C)CC1(C)C. The third kappa shape index (κ3) is 6.30. The molecule has 196 valence electrons. The van der Waals surface area contributed by atoms with Crippen molar-refractivity contribution >= 4 is 30.0 Å². The van der Waals surface area contributed by atoms with Gasteiger partial charge in [-0.15, -0.1) is 0 Å². The van der Waals surface area contributed by atoms with Crippen LogP contribution in [-0.2, 0) is 14.4 Å². The summed E-state index contributed by atoms with van der Waals surface area (Å²) < 4.78 is 0. The summed E-state index contributed by atoms with van der Waals surface area (Å²) in [5.74, 6) is -0.653. The van der Waals surface area contributed by atoms with Crippen LogP contribution in [0.3, 0.4) is 0 Å². The minimum atomic E-state index is -0.738. The van der Waals surface area contributed by atoms with Gasteiger partial charge in [-0.1, -0.05) is 13.8 Å². The molecule has 2 aliphatic heterocycles. The van der Waals surface area contributed by atoms with E-state index in [0.29, 0.717) is 19.4 Å². The molecular weight excluding hydrogens is 446 g/mol. The van der Waals surface area contributed by atoms with Crippen LogP contribution in [0.15, 0.2) is 17.3 Å². The molecule has 0 saturated carbocycles. The van der Waals surface area contributed by atoms with E-state index in [-0.39, 0.29) is 36.2 Å². The van der Waals surface area contributed by atoms with Crippen LogP contribution in [0.4, 0.5) is 4.79 Å². The molecule has 1 atom stereocenters. The van der Waals surface area contributed by atoms with Crippen molar-refractivity contribution in [2.75, 3.05) is 6.54 Å². The number of urea groups is 1. The van der Waals surface area contributed by atoms with Crippen molar-refractivity contribution in [1.29, 1.82) is 0 Å². The number of hydrazone groups is 1. The summed E-state index contributed by atoms with van der Waals surface area (Å²) in [4.78, 5) is 56.2. The highest BCUT2D eigenvalue weighted by Crippen LogP contribution is 2.39. The Bertz CT molecular complexity index is 914. The van der Waals surface area contributed by atoms with E-state index in [2.05, 4.69) is 10.5 Å². The second-order valence-corrected chi connectivity index (χ2v) is 12.5. The van der Waals surface area contributed by atoms with Gasteiger partial charge in [-0.2, -0.15) is 5.10 Å². The number of carbonyl (C=O) groups is 4. The summed E-state index contributed by atoms with van der Waals surface area (Å²) in [5, 5.41) is 3.89. The first-order valence-corrected chi connectivity index (χ1v) is 12.3. The van der Waals surface area contributed by atoms with Crippen LogP contribution in [0.1, 0.15) is 88.5 Å². The quantitative estimate of drug-likeness (QED) is 0.349. The number of imide groups is 1. The van der Waals surface area contributed by atoms with E-state index in [1.807, 2.05) is 67.2 Å². The number of hydrogen-bond acceptors (Lipinski definition) is 5.